The third-order valence-electron chi connectivity index (χ3n) is 3.17. The van der Waals surface area contributed by atoms with Crippen molar-refractivity contribution in [2.24, 2.45) is 0 Å². The number of para-hydroxylation sites is 2. The molecule has 0 saturated carbocycles. The molecule has 0 fully saturated rings. The Hall–Kier alpha value is -1.78. The second-order valence-electron chi connectivity index (χ2n) is 4.99. The Morgan fingerprint density at radius 2 is 1.52 bits per heavy atom. The number of hydrogen-bond acceptors (Lipinski definition) is 3. The number of nitrogens with zero attached hydrogens (tertiary/aromatic N) is 2. The molecule has 2 aromatic rings. The molecular weight excluding hydrogens is 296 g/mol. The van der Waals surface area contributed by atoms with Crippen molar-refractivity contribution in [2.75, 3.05) is 19.0 Å². The van der Waals surface area contributed by atoms with Crippen molar-refractivity contribution in [1.29, 1.82) is 0 Å². The van der Waals surface area contributed by atoms with Gasteiger partial charge in [-0.15, -0.1) is 0 Å². The average Bonchev–Trinajstić information content (AvgIpc) is 2.50. The zero-order valence-electron chi connectivity index (χ0n) is 12.0. The molecule has 0 N–H and O–H groups in total. The van der Waals surface area contributed by atoms with Gasteiger partial charge >= 0.3 is 0 Å². The fourth-order valence-corrected chi connectivity index (χ4v) is 3.54. The van der Waals surface area contributed by atoms with Gasteiger partial charge in [0, 0.05) is 30.1 Å². The Kier molecular flexibility index (Phi) is 3.99. The van der Waals surface area contributed by atoms with Gasteiger partial charge in [0.2, 0.25) is 0 Å². The molecule has 0 amide bonds. The maximum atomic E-state index is 5.65. The SMILES string of the molecule is CN(C)/C=C/C(=S)N1c2ccccc2Sc2ccccc21. The molecule has 0 spiro atoms. The van der Waals surface area contributed by atoms with E-state index >= 15 is 0 Å². The van der Waals surface area contributed by atoms with Crippen molar-refractivity contribution in [3.05, 3.63) is 60.8 Å². The zero-order valence-corrected chi connectivity index (χ0v) is 13.6. The van der Waals surface area contributed by atoms with Crippen molar-refractivity contribution in [3.63, 3.8) is 0 Å². The molecule has 0 atom stereocenters. The molecule has 0 unspecified atom stereocenters. The van der Waals surface area contributed by atoms with E-state index in [1.807, 2.05) is 31.3 Å². The van der Waals surface area contributed by atoms with Crippen LogP contribution in [0, 0.1) is 0 Å². The average molecular weight is 312 g/mol. The van der Waals surface area contributed by atoms with Crippen molar-refractivity contribution in [3.8, 4) is 0 Å². The Bertz CT molecular complexity index is 662. The first-order valence-electron chi connectivity index (χ1n) is 6.71. The van der Waals surface area contributed by atoms with Crippen LogP contribution in [0.3, 0.4) is 0 Å². The van der Waals surface area contributed by atoms with Gasteiger partial charge in [-0.1, -0.05) is 48.2 Å². The molecule has 4 heteroatoms. The molecule has 1 aliphatic heterocycles. The van der Waals surface area contributed by atoms with E-state index in [0.29, 0.717) is 0 Å². The second-order valence-corrected chi connectivity index (χ2v) is 6.49. The fourth-order valence-electron chi connectivity index (χ4n) is 2.23. The van der Waals surface area contributed by atoms with Gasteiger partial charge in [-0.25, -0.2) is 0 Å². The first kappa shape index (κ1) is 14.2. The number of thiocarbonyl (C=S) groups is 1. The van der Waals surface area contributed by atoms with Gasteiger partial charge in [0.05, 0.1) is 11.4 Å². The molecule has 1 aliphatic rings. The van der Waals surface area contributed by atoms with Crippen LogP contribution in [0.2, 0.25) is 0 Å². The summed E-state index contributed by atoms with van der Waals surface area (Å²) < 4.78 is 0. The quantitative estimate of drug-likeness (QED) is 0.586. The predicted octanol–water partition coefficient (Wildman–Crippen LogP) is 4.69. The first-order chi connectivity index (χ1) is 10.2. The molecule has 0 saturated heterocycles. The molecule has 0 bridgehead atoms. The molecule has 0 aromatic heterocycles. The summed E-state index contributed by atoms with van der Waals surface area (Å²) in [6, 6.07) is 16.8. The van der Waals surface area contributed by atoms with Gasteiger partial charge in [-0.2, -0.15) is 0 Å². The summed E-state index contributed by atoms with van der Waals surface area (Å²) in [4.78, 5) is 7.40. The van der Waals surface area contributed by atoms with Crippen LogP contribution < -0.4 is 4.90 Å². The van der Waals surface area contributed by atoms with E-state index in [-0.39, 0.29) is 0 Å². The molecule has 2 nitrogen and oxygen atoms in total. The summed E-state index contributed by atoms with van der Waals surface area (Å²) in [6.45, 7) is 0. The molecule has 21 heavy (non-hydrogen) atoms. The van der Waals surface area contributed by atoms with E-state index in [9.17, 15) is 0 Å². The highest BCUT2D eigenvalue weighted by molar-refractivity contribution is 7.99. The molecule has 0 radical (unpaired) electrons. The number of anilines is 2. The lowest BCUT2D eigenvalue weighted by Crippen LogP contribution is -2.25. The van der Waals surface area contributed by atoms with Gasteiger partial charge in [-0.3, -0.25) is 4.90 Å². The topological polar surface area (TPSA) is 6.48 Å². The minimum Gasteiger partial charge on any atom is -0.383 e. The highest BCUT2D eigenvalue weighted by Gasteiger charge is 2.24. The Morgan fingerprint density at radius 3 is 2.05 bits per heavy atom. The summed E-state index contributed by atoms with van der Waals surface area (Å²) in [5.74, 6) is 0. The van der Waals surface area contributed by atoms with Crippen molar-refractivity contribution in [1.82, 2.24) is 4.90 Å². The van der Waals surface area contributed by atoms with E-state index in [4.69, 9.17) is 12.2 Å². The Morgan fingerprint density at radius 1 is 1.00 bits per heavy atom. The lowest BCUT2D eigenvalue weighted by Gasteiger charge is -2.32. The normalized spacial score (nSPS) is 13.0. The highest BCUT2D eigenvalue weighted by Crippen LogP contribution is 2.48. The van der Waals surface area contributed by atoms with Gasteiger partial charge in [0.15, 0.2) is 0 Å². The number of benzene rings is 2. The lowest BCUT2D eigenvalue weighted by atomic mass is 10.2. The van der Waals surface area contributed by atoms with E-state index in [2.05, 4.69) is 53.4 Å². The van der Waals surface area contributed by atoms with Gasteiger partial charge in [0.25, 0.3) is 0 Å². The van der Waals surface area contributed by atoms with Crippen molar-refractivity contribution in [2.45, 2.75) is 9.79 Å². The summed E-state index contributed by atoms with van der Waals surface area (Å²) in [6.07, 6.45) is 3.95. The van der Waals surface area contributed by atoms with Gasteiger partial charge in [0.1, 0.15) is 4.99 Å². The monoisotopic (exact) mass is 312 g/mol. The molecule has 1 heterocycles. The van der Waals surface area contributed by atoms with E-state index in [0.717, 1.165) is 16.4 Å². The van der Waals surface area contributed by atoms with Gasteiger partial charge in [-0.05, 0) is 30.3 Å². The van der Waals surface area contributed by atoms with Crippen LogP contribution in [0.5, 0.6) is 0 Å². The van der Waals surface area contributed by atoms with Crippen LogP contribution in [-0.2, 0) is 0 Å². The molecule has 0 aliphatic carbocycles. The second kappa shape index (κ2) is 5.92. The Labute approximate surface area is 135 Å². The number of fused-ring (bicyclic) bond motifs is 2. The third kappa shape index (κ3) is 2.82. The standard InChI is InChI=1S/C17H16N2S2/c1-18(2)12-11-17(20)19-13-7-3-5-9-15(13)21-16-10-6-4-8-14(16)19/h3-12H,1-2H3/b12-11+. The fraction of sp³-hybridized carbons (Fsp3) is 0.118. The maximum absolute atomic E-state index is 5.65. The summed E-state index contributed by atoms with van der Waals surface area (Å²) in [5, 5.41) is 0. The number of rotatable bonds is 2. The molecule has 3 rings (SSSR count). The van der Waals surface area contributed by atoms with Crippen LogP contribution in [0.1, 0.15) is 0 Å². The van der Waals surface area contributed by atoms with Crippen LogP contribution >= 0.6 is 24.0 Å². The maximum Gasteiger partial charge on any atom is 0.112 e. The summed E-state index contributed by atoms with van der Waals surface area (Å²) in [5.41, 5.74) is 2.30. The Balaban J connectivity index is 2.08. The van der Waals surface area contributed by atoms with Crippen LogP contribution in [-0.4, -0.2) is 24.0 Å². The number of hydrogen-bond donors (Lipinski definition) is 0. The smallest absolute Gasteiger partial charge is 0.112 e. The third-order valence-corrected chi connectivity index (χ3v) is 4.62. The van der Waals surface area contributed by atoms with Gasteiger partial charge < -0.3 is 4.90 Å². The van der Waals surface area contributed by atoms with E-state index < -0.39 is 0 Å². The van der Waals surface area contributed by atoms with Crippen LogP contribution in [0.25, 0.3) is 0 Å². The molecule has 106 valence electrons. The lowest BCUT2D eigenvalue weighted by molar-refractivity contribution is 0.564. The predicted molar refractivity (Wildman–Crippen MR) is 94.6 cm³/mol. The zero-order chi connectivity index (χ0) is 14.8. The van der Waals surface area contributed by atoms with Crippen LogP contribution in [0.4, 0.5) is 11.4 Å². The minimum atomic E-state index is 0.795. The van der Waals surface area contributed by atoms with Crippen molar-refractivity contribution < 1.29 is 0 Å². The van der Waals surface area contributed by atoms with Crippen molar-refractivity contribution >= 4 is 40.3 Å². The van der Waals surface area contributed by atoms with Crippen LogP contribution in [0.15, 0.2) is 70.6 Å². The molecular formula is C17H16N2S2. The summed E-state index contributed by atoms with van der Waals surface area (Å²) in [7, 11) is 3.99. The van der Waals surface area contributed by atoms with E-state index in [1.165, 1.54) is 9.79 Å². The minimum absolute atomic E-state index is 0.795. The molecule has 2 aromatic carbocycles. The van der Waals surface area contributed by atoms with E-state index in [1.54, 1.807) is 11.8 Å². The largest absolute Gasteiger partial charge is 0.383 e. The first-order valence-corrected chi connectivity index (χ1v) is 7.94. The highest BCUT2D eigenvalue weighted by atomic mass is 32.2. The summed E-state index contributed by atoms with van der Waals surface area (Å²) >= 11 is 7.44.